The van der Waals surface area contributed by atoms with Crippen molar-refractivity contribution in [2.24, 2.45) is 0 Å². The highest BCUT2D eigenvalue weighted by Gasteiger charge is 2.14. The molecule has 142 valence electrons. The first-order chi connectivity index (χ1) is 13.2. The van der Waals surface area contributed by atoms with Crippen molar-refractivity contribution in [2.75, 3.05) is 26.2 Å². The topological polar surface area (TPSA) is 63.1 Å². The summed E-state index contributed by atoms with van der Waals surface area (Å²) in [5.41, 5.74) is 3.15. The number of para-hydroxylation sites is 1. The molecule has 1 aromatic carbocycles. The zero-order valence-electron chi connectivity index (χ0n) is 16.3. The van der Waals surface area contributed by atoms with Crippen LogP contribution in [-0.2, 0) is 6.54 Å². The maximum atomic E-state index is 12.9. The lowest BCUT2D eigenvalue weighted by Crippen LogP contribution is -2.34. The molecule has 0 aliphatic carbocycles. The quantitative estimate of drug-likeness (QED) is 0.666. The molecule has 6 nitrogen and oxygen atoms in total. The number of likely N-dealkylation sites (N-methyl/N-ethyl adjacent to an activating group) is 1. The van der Waals surface area contributed by atoms with Crippen LogP contribution in [0.1, 0.15) is 31.1 Å². The third-order valence-corrected chi connectivity index (χ3v) is 4.82. The Labute approximate surface area is 160 Å². The van der Waals surface area contributed by atoms with Crippen molar-refractivity contribution in [2.45, 2.75) is 27.3 Å². The summed E-state index contributed by atoms with van der Waals surface area (Å²) in [4.78, 5) is 19.9. The number of pyridine rings is 1. The summed E-state index contributed by atoms with van der Waals surface area (Å²) in [6, 6.07) is 9.63. The summed E-state index contributed by atoms with van der Waals surface area (Å²) < 4.78 is 1.86. The van der Waals surface area contributed by atoms with Crippen molar-refractivity contribution >= 4 is 16.8 Å². The second kappa shape index (κ2) is 8.77. The van der Waals surface area contributed by atoms with Crippen molar-refractivity contribution in [1.82, 2.24) is 25.0 Å². The molecule has 2 heterocycles. The molecular formula is C21H27N5O. The molecule has 0 aliphatic heterocycles. The zero-order valence-corrected chi connectivity index (χ0v) is 16.3. The van der Waals surface area contributed by atoms with E-state index in [1.165, 1.54) is 0 Å². The number of benzene rings is 1. The van der Waals surface area contributed by atoms with E-state index in [0.29, 0.717) is 12.1 Å². The van der Waals surface area contributed by atoms with Crippen LogP contribution in [0.3, 0.4) is 0 Å². The second-order valence-electron chi connectivity index (χ2n) is 6.44. The van der Waals surface area contributed by atoms with Gasteiger partial charge in [0.2, 0.25) is 0 Å². The molecule has 1 amide bonds. The minimum Gasteiger partial charge on any atom is -0.351 e. The monoisotopic (exact) mass is 365 g/mol. The Morgan fingerprint density at radius 3 is 2.67 bits per heavy atom. The number of amides is 1. The number of rotatable bonds is 8. The Balaban J connectivity index is 1.89. The SMILES string of the molecule is CCN(CC)CCNC(=O)c1cc(-c2cnn(CC)c2)nc2ccccc12. The summed E-state index contributed by atoms with van der Waals surface area (Å²) in [5.74, 6) is -0.0649. The minimum absolute atomic E-state index is 0.0649. The van der Waals surface area contributed by atoms with Crippen LogP contribution in [-0.4, -0.2) is 51.8 Å². The number of aryl methyl sites for hydroxylation is 1. The van der Waals surface area contributed by atoms with Gasteiger partial charge < -0.3 is 10.2 Å². The van der Waals surface area contributed by atoms with E-state index in [4.69, 9.17) is 4.98 Å². The maximum absolute atomic E-state index is 12.9. The first-order valence-electron chi connectivity index (χ1n) is 9.59. The van der Waals surface area contributed by atoms with E-state index in [-0.39, 0.29) is 5.91 Å². The molecule has 1 N–H and O–H groups in total. The number of carbonyl (C=O) groups is 1. The lowest BCUT2D eigenvalue weighted by Gasteiger charge is -2.18. The fourth-order valence-electron chi connectivity index (χ4n) is 3.14. The number of nitrogens with one attached hydrogen (secondary N) is 1. The van der Waals surface area contributed by atoms with Crippen LogP contribution in [0.4, 0.5) is 0 Å². The van der Waals surface area contributed by atoms with Gasteiger partial charge in [0, 0.05) is 36.8 Å². The summed E-state index contributed by atoms with van der Waals surface area (Å²) in [6.45, 7) is 10.5. The minimum atomic E-state index is -0.0649. The zero-order chi connectivity index (χ0) is 19.2. The average molecular weight is 365 g/mol. The van der Waals surface area contributed by atoms with E-state index >= 15 is 0 Å². The molecule has 0 unspecified atom stereocenters. The molecule has 0 spiro atoms. The third-order valence-electron chi connectivity index (χ3n) is 4.82. The smallest absolute Gasteiger partial charge is 0.252 e. The first kappa shape index (κ1) is 19.0. The van der Waals surface area contributed by atoms with Crippen molar-refractivity contribution in [3.05, 3.63) is 48.3 Å². The van der Waals surface area contributed by atoms with Gasteiger partial charge in [-0.3, -0.25) is 9.48 Å². The van der Waals surface area contributed by atoms with E-state index < -0.39 is 0 Å². The van der Waals surface area contributed by atoms with Crippen LogP contribution in [0.5, 0.6) is 0 Å². The normalized spacial score (nSPS) is 11.3. The first-order valence-corrected chi connectivity index (χ1v) is 9.59. The Hall–Kier alpha value is -2.73. The van der Waals surface area contributed by atoms with E-state index in [0.717, 1.165) is 48.3 Å². The van der Waals surface area contributed by atoms with Crippen molar-refractivity contribution in [3.63, 3.8) is 0 Å². The van der Waals surface area contributed by atoms with E-state index in [1.54, 1.807) is 6.20 Å². The van der Waals surface area contributed by atoms with Gasteiger partial charge in [-0.2, -0.15) is 5.10 Å². The third kappa shape index (κ3) is 4.34. The van der Waals surface area contributed by atoms with Gasteiger partial charge >= 0.3 is 0 Å². The van der Waals surface area contributed by atoms with Crippen molar-refractivity contribution < 1.29 is 4.79 Å². The second-order valence-corrected chi connectivity index (χ2v) is 6.44. The molecule has 0 saturated heterocycles. The number of hydrogen-bond donors (Lipinski definition) is 1. The average Bonchev–Trinajstić information content (AvgIpc) is 3.19. The van der Waals surface area contributed by atoms with Gasteiger partial charge in [0.15, 0.2) is 0 Å². The van der Waals surface area contributed by atoms with Crippen molar-refractivity contribution in [1.29, 1.82) is 0 Å². The van der Waals surface area contributed by atoms with Crippen LogP contribution in [0.25, 0.3) is 22.2 Å². The van der Waals surface area contributed by atoms with Gasteiger partial charge in [-0.1, -0.05) is 32.0 Å². The van der Waals surface area contributed by atoms with Gasteiger partial charge in [-0.25, -0.2) is 4.98 Å². The molecule has 3 rings (SSSR count). The molecule has 27 heavy (non-hydrogen) atoms. The molecule has 0 aliphatic rings. The molecule has 0 saturated carbocycles. The number of fused-ring (bicyclic) bond motifs is 1. The number of aromatic nitrogens is 3. The van der Waals surface area contributed by atoms with Crippen LogP contribution in [0, 0.1) is 0 Å². The number of carbonyl (C=O) groups excluding carboxylic acids is 1. The summed E-state index contributed by atoms with van der Waals surface area (Å²) in [7, 11) is 0. The van der Waals surface area contributed by atoms with Crippen LogP contribution in [0.2, 0.25) is 0 Å². The van der Waals surface area contributed by atoms with Crippen LogP contribution < -0.4 is 5.32 Å². The van der Waals surface area contributed by atoms with E-state index in [9.17, 15) is 4.79 Å². The lowest BCUT2D eigenvalue weighted by molar-refractivity contribution is 0.0950. The highest BCUT2D eigenvalue weighted by atomic mass is 16.1. The Kier molecular flexibility index (Phi) is 6.19. The Bertz CT molecular complexity index is 914. The molecule has 0 radical (unpaired) electrons. The summed E-state index contributed by atoms with van der Waals surface area (Å²) >= 11 is 0. The standard InChI is InChI=1S/C21H27N5O/c1-4-25(5-2)12-11-22-21(27)18-13-20(16-14-23-26(6-3)15-16)24-19-10-8-7-9-17(18)19/h7-10,13-15H,4-6,11-12H2,1-3H3,(H,22,27). The van der Waals surface area contributed by atoms with Gasteiger partial charge in [0.05, 0.1) is 23.0 Å². The molecular weight excluding hydrogens is 338 g/mol. The number of nitrogens with zero attached hydrogens (tertiary/aromatic N) is 4. The van der Waals surface area contributed by atoms with Crippen molar-refractivity contribution in [3.8, 4) is 11.3 Å². The largest absolute Gasteiger partial charge is 0.351 e. The van der Waals surface area contributed by atoms with E-state index in [1.807, 2.05) is 48.1 Å². The van der Waals surface area contributed by atoms with Crippen LogP contribution >= 0.6 is 0 Å². The summed E-state index contributed by atoms with van der Waals surface area (Å²) in [5, 5.41) is 8.25. The molecule has 0 fully saturated rings. The fourth-order valence-corrected chi connectivity index (χ4v) is 3.14. The fraction of sp³-hybridized carbons (Fsp3) is 0.381. The van der Waals surface area contributed by atoms with Gasteiger partial charge in [-0.05, 0) is 32.1 Å². The molecule has 2 aromatic heterocycles. The predicted molar refractivity (Wildman–Crippen MR) is 109 cm³/mol. The highest BCUT2D eigenvalue weighted by molar-refractivity contribution is 6.07. The number of hydrogen-bond acceptors (Lipinski definition) is 4. The predicted octanol–water partition coefficient (Wildman–Crippen LogP) is 3.19. The summed E-state index contributed by atoms with van der Waals surface area (Å²) in [6.07, 6.45) is 3.75. The van der Waals surface area contributed by atoms with Gasteiger partial charge in [-0.15, -0.1) is 0 Å². The molecule has 0 atom stereocenters. The Morgan fingerprint density at radius 1 is 1.19 bits per heavy atom. The van der Waals surface area contributed by atoms with Gasteiger partial charge in [0.25, 0.3) is 5.91 Å². The molecule has 3 aromatic rings. The maximum Gasteiger partial charge on any atom is 0.252 e. The lowest BCUT2D eigenvalue weighted by atomic mass is 10.0. The Morgan fingerprint density at radius 2 is 1.96 bits per heavy atom. The van der Waals surface area contributed by atoms with Gasteiger partial charge in [0.1, 0.15) is 0 Å². The van der Waals surface area contributed by atoms with Crippen LogP contribution in [0.15, 0.2) is 42.7 Å². The molecule has 0 bridgehead atoms. The molecule has 6 heteroatoms. The highest BCUT2D eigenvalue weighted by Crippen LogP contribution is 2.24. The van der Waals surface area contributed by atoms with E-state index in [2.05, 4.69) is 29.2 Å².